The predicted molar refractivity (Wildman–Crippen MR) is 57.5 cm³/mol. The molecule has 76 valence electrons. The Kier molecular flexibility index (Phi) is 3.25. The van der Waals surface area contributed by atoms with Crippen LogP contribution in [-0.4, -0.2) is 24.2 Å². The smallest absolute Gasteiger partial charge is 0.0638 e. The Hall–Kier alpha value is -1.35. The molecule has 0 aromatic carbocycles. The highest BCUT2D eigenvalue weighted by Gasteiger charge is 2.05. The highest BCUT2D eigenvalue weighted by Crippen LogP contribution is 2.17. The van der Waals surface area contributed by atoms with E-state index >= 15 is 0 Å². The topological polar surface area (TPSA) is 25.4 Å². The molecule has 0 saturated heterocycles. The van der Waals surface area contributed by atoms with Crippen LogP contribution in [0.2, 0.25) is 0 Å². The molecule has 1 heterocycles. The molecule has 0 amide bonds. The van der Waals surface area contributed by atoms with Gasteiger partial charge in [0.15, 0.2) is 0 Å². The highest BCUT2D eigenvalue weighted by atomic mass is 16.7. The molecule has 0 aliphatic heterocycles. The third-order valence-electron chi connectivity index (χ3n) is 2.07. The van der Waals surface area contributed by atoms with Crippen molar-refractivity contribution in [2.75, 3.05) is 14.2 Å². The van der Waals surface area contributed by atoms with Gasteiger partial charge in [0.2, 0.25) is 0 Å². The van der Waals surface area contributed by atoms with E-state index < -0.39 is 0 Å². The molecule has 0 atom stereocenters. The lowest BCUT2D eigenvalue weighted by molar-refractivity contribution is -0.0524. The number of aryl methyl sites for hydroxylation is 2. The van der Waals surface area contributed by atoms with E-state index in [1.165, 1.54) is 0 Å². The van der Waals surface area contributed by atoms with E-state index in [1.807, 2.05) is 33.0 Å². The number of hydroxylamine groups is 2. The lowest BCUT2D eigenvalue weighted by atomic mass is 10.1. The summed E-state index contributed by atoms with van der Waals surface area (Å²) < 4.78 is 0. The van der Waals surface area contributed by atoms with E-state index in [4.69, 9.17) is 4.84 Å². The fraction of sp³-hybridized carbons (Fsp3) is 0.364. The van der Waals surface area contributed by atoms with Gasteiger partial charge in [-0.2, -0.15) is 0 Å². The zero-order valence-electron chi connectivity index (χ0n) is 9.16. The molecular formula is C11H16N2O. The van der Waals surface area contributed by atoms with Gasteiger partial charge in [-0.15, -0.1) is 0 Å². The molecule has 0 aliphatic carbocycles. The molecule has 3 nitrogen and oxygen atoms in total. The van der Waals surface area contributed by atoms with Crippen LogP contribution >= 0.6 is 0 Å². The quantitative estimate of drug-likeness (QED) is 0.686. The van der Waals surface area contributed by atoms with Crippen LogP contribution in [0.1, 0.15) is 17.0 Å². The van der Waals surface area contributed by atoms with Gasteiger partial charge in [0.25, 0.3) is 0 Å². The summed E-state index contributed by atoms with van der Waals surface area (Å²) in [4.78, 5) is 9.36. The number of nitrogens with zero attached hydrogens (tertiary/aromatic N) is 2. The highest BCUT2D eigenvalue weighted by molar-refractivity contribution is 5.61. The maximum atomic E-state index is 5.06. The van der Waals surface area contributed by atoms with Crippen LogP contribution in [0.15, 0.2) is 18.7 Å². The van der Waals surface area contributed by atoms with Crippen molar-refractivity contribution in [3.8, 4) is 0 Å². The van der Waals surface area contributed by atoms with Crippen molar-refractivity contribution in [1.82, 2.24) is 10.0 Å². The van der Waals surface area contributed by atoms with Gasteiger partial charge in [-0.1, -0.05) is 6.58 Å². The molecule has 0 bridgehead atoms. The Morgan fingerprint density at radius 1 is 1.36 bits per heavy atom. The maximum absolute atomic E-state index is 5.06. The Labute approximate surface area is 85.0 Å². The molecule has 14 heavy (non-hydrogen) atoms. The lowest BCUT2D eigenvalue weighted by Crippen LogP contribution is -2.14. The lowest BCUT2D eigenvalue weighted by Gasteiger charge is -2.19. The summed E-state index contributed by atoms with van der Waals surface area (Å²) in [6.45, 7) is 7.89. The molecule has 0 saturated carbocycles. The number of hydrogen-bond donors (Lipinski definition) is 0. The monoisotopic (exact) mass is 192 g/mol. The minimum absolute atomic E-state index is 0.834. The first-order chi connectivity index (χ1) is 6.54. The zero-order valence-corrected chi connectivity index (χ0v) is 9.16. The van der Waals surface area contributed by atoms with Crippen molar-refractivity contribution in [2.24, 2.45) is 0 Å². The first kappa shape index (κ1) is 10.7. The van der Waals surface area contributed by atoms with Gasteiger partial charge in [0.05, 0.1) is 12.8 Å². The largest absolute Gasteiger partial charge is 0.277 e. The van der Waals surface area contributed by atoms with E-state index in [-0.39, 0.29) is 0 Å². The molecule has 3 heteroatoms. The minimum Gasteiger partial charge on any atom is -0.277 e. The van der Waals surface area contributed by atoms with Gasteiger partial charge >= 0.3 is 0 Å². The van der Waals surface area contributed by atoms with Crippen LogP contribution in [0.25, 0.3) is 5.70 Å². The second kappa shape index (κ2) is 4.24. The Bertz CT molecular complexity index is 327. The van der Waals surface area contributed by atoms with Crippen LogP contribution in [0.5, 0.6) is 0 Å². The molecular weight excluding hydrogens is 176 g/mol. The fourth-order valence-electron chi connectivity index (χ4n) is 1.29. The molecule has 0 radical (unpaired) electrons. The molecule has 0 unspecified atom stereocenters. The SMILES string of the molecule is C=C(c1cc(C)nc(C)c1)N(C)OC. The number of rotatable bonds is 3. The molecule has 0 aliphatic rings. The summed E-state index contributed by atoms with van der Waals surface area (Å²) >= 11 is 0. The van der Waals surface area contributed by atoms with Crippen molar-refractivity contribution in [3.63, 3.8) is 0 Å². The Morgan fingerprint density at radius 3 is 2.29 bits per heavy atom. The molecule has 0 N–H and O–H groups in total. The number of hydrogen-bond acceptors (Lipinski definition) is 3. The molecule has 1 aromatic rings. The Morgan fingerprint density at radius 2 is 1.86 bits per heavy atom. The third-order valence-corrected chi connectivity index (χ3v) is 2.07. The molecule has 0 fully saturated rings. The van der Waals surface area contributed by atoms with Crippen LogP contribution in [0.4, 0.5) is 0 Å². The van der Waals surface area contributed by atoms with Gasteiger partial charge in [0, 0.05) is 24.0 Å². The van der Waals surface area contributed by atoms with Crippen molar-refractivity contribution in [2.45, 2.75) is 13.8 Å². The third kappa shape index (κ3) is 2.33. The van der Waals surface area contributed by atoms with E-state index in [9.17, 15) is 0 Å². The van der Waals surface area contributed by atoms with E-state index in [2.05, 4.69) is 11.6 Å². The van der Waals surface area contributed by atoms with Crippen LogP contribution in [-0.2, 0) is 4.84 Å². The minimum atomic E-state index is 0.834. The second-order valence-electron chi connectivity index (χ2n) is 3.27. The first-order valence-corrected chi connectivity index (χ1v) is 4.47. The summed E-state index contributed by atoms with van der Waals surface area (Å²) in [5, 5.41) is 1.63. The maximum Gasteiger partial charge on any atom is 0.0638 e. The van der Waals surface area contributed by atoms with Crippen molar-refractivity contribution < 1.29 is 4.84 Å². The normalized spacial score (nSPS) is 10.0. The van der Waals surface area contributed by atoms with Crippen molar-refractivity contribution in [3.05, 3.63) is 35.7 Å². The standard InChI is InChI=1S/C11H16N2O/c1-8-6-11(7-9(2)12-8)10(3)13(4)14-5/h6-7H,3H2,1-2,4-5H3. The average molecular weight is 192 g/mol. The van der Waals surface area contributed by atoms with Gasteiger partial charge < -0.3 is 0 Å². The predicted octanol–water partition coefficient (Wildman–Crippen LogP) is 2.16. The Balaban J connectivity index is 3.01. The first-order valence-electron chi connectivity index (χ1n) is 4.47. The summed E-state index contributed by atoms with van der Waals surface area (Å²) in [5.41, 5.74) is 3.86. The van der Waals surface area contributed by atoms with Crippen LogP contribution in [0, 0.1) is 13.8 Å². The molecule has 0 spiro atoms. The molecule has 1 rings (SSSR count). The average Bonchev–Trinajstić information content (AvgIpc) is 2.14. The number of pyridine rings is 1. The number of aromatic nitrogens is 1. The van der Waals surface area contributed by atoms with Gasteiger partial charge in [-0.25, -0.2) is 0 Å². The van der Waals surface area contributed by atoms with E-state index in [0.29, 0.717) is 0 Å². The fourth-order valence-corrected chi connectivity index (χ4v) is 1.29. The zero-order chi connectivity index (χ0) is 10.7. The van der Waals surface area contributed by atoms with Gasteiger partial charge in [0.1, 0.15) is 0 Å². The second-order valence-corrected chi connectivity index (χ2v) is 3.27. The van der Waals surface area contributed by atoms with Gasteiger partial charge in [-0.3, -0.25) is 14.9 Å². The summed E-state index contributed by atoms with van der Waals surface area (Å²) in [7, 11) is 3.44. The van der Waals surface area contributed by atoms with Crippen molar-refractivity contribution >= 4 is 5.70 Å². The van der Waals surface area contributed by atoms with Crippen molar-refractivity contribution in [1.29, 1.82) is 0 Å². The van der Waals surface area contributed by atoms with Crippen LogP contribution < -0.4 is 0 Å². The molecule has 1 aromatic heterocycles. The summed E-state index contributed by atoms with van der Waals surface area (Å²) in [6, 6.07) is 3.98. The van der Waals surface area contributed by atoms with Crippen LogP contribution in [0.3, 0.4) is 0 Å². The summed E-state index contributed by atoms with van der Waals surface area (Å²) in [5.74, 6) is 0. The summed E-state index contributed by atoms with van der Waals surface area (Å²) in [6.07, 6.45) is 0. The van der Waals surface area contributed by atoms with E-state index in [0.717, 1.165) is 22.6 Å². The van der Waals surface area contributed by atoms with E-state index in [1.54, 1.807) is 12.2 Å². The van der Waals surface area contributed by atoms with Gasteiger partial charge in [-0.05, 0) is 26.0 Å².